The van der Waals surface area contributed by atoms with E-state index in [0.717, 1.165) is 12.2 Å². The SMILES string of the molecule is C=C(C)C(=O)OCCOC.C=C(C)C(=O)OCC[N+](C)(C)CCCS(=O)(=O)[O-].C=CC(=O)NCO.C=CC(N)=O. The van der Waals surface area contributed by atoms with Gasteiger partial charge in [0, 0.05) is 30.4 Å². The zero-order chi connectivity index (χ0) is 32.4. The van der Waals surface area contributed by atoms with Crippen LogP contribution in [0.5, 0.6) is 0 Å². The highest BCUT2D eigenvalue weighted by Gasteiger charge is 2.16. The Labute approximate surface area is 237 Å². The molecule has 14 nitrogen and oxygen atoms in total. The number of rotatable bonds is 15. The molecular formula is C25H45N3O11S. The fourth-order valence-electron chi connectivity index (χ4n) is 1.78. The fourth-order valence-corrected chi connectivity index (χ4v) is 2.26. The van der Waals surface area contributed by atoms with Crippen LogP contribution in [0.4, 0.5) is 0 Å². The van der Waals surface area contributed by atoms with Crippen molar-refractivity contribution < 1.29 is 55.9 Å². The third-order valence-electron chi connectivity index (χ3n) is 3.94. The second-order valence-electron chi connectivity index (χ2n) is 8.33. The quantitative estimate of drug-likeness (QED) is 0.0561. The van der Waals surface area contributed by atoms with Crippen LogP contribution in [-0.2, 0) is 43.5 Å². The van der Waals surface area contributed by atoms with E-state index in [1.165, 1.54) is 0 Å². The largest absolute Gasteiger partial charge is 0.748 e. The second kappa shape index (κ2) is 25.9. The van der Waals surface area contributed by atoms with Gasteiger partial charge in [-0.3, -0.25) is 9.59 Å². The highest BCUT2D eigenvalue weighted by molar-refractivity contribution is 7.85. The van der Waals surface area contributed by atoms with Crippen LogP contribution in [0, 0.1) is 0 Å². The second-order valence-corrected chi connectivity index (χ2v) is 9.86. The number of quaternary nitrogens is 1. The van der Waals surface area contributed by atoms with Gasteiger partial charge in [-0.2, -0.15) is 0 Å². The van der Waals surface area contributed by atoms with Crippen molar-refractivity contribution in [2.24, 2.45) is 5.73 Å². The van der Waals surface area contributed by atoms with Crippen molar-refractivity contribution in [3.05, 3.63) is 49.6 Å². The Morgan fingerprint density at radius 2 is 1.40 bits per heavy atom. The van der Waals surface area contributed by atoms with E-state index in [-0.39, 0.29) is 31.0 Å². The molecule has 0 aliphatic carbocycles. The molecule has 0 aromatic carbocycles. The summed E-state index contributed by atoms with van der Waals surface area (Å²) in [4.78, 5) is 41.3. The molecule has 0 bridgehead atoms. The smallest absolute Gasteiger partial charge is 0.333 e. The van der Waals surface area contributed by atoms with E-state index in [2.05, 4.69) is 46.8 Å². The summed E-state index contributed by atoms with van der Waals surface area (Å²) in [6.45, 7) is 18.0. The molecule has 0 radical (unpaired) electrons. The number of methoxy groups -OCH3 is 1. The van der Waals surface area contributed by atoms with Crippen LogP contribution in [0.25, 0.3) is 0 Å². The van der Waals surface area contributed by atoms with Gasteiger partial charge in [0.2, 0.25) is 11.8 Å². The van der Waals surface area contributed by atoms with Crippen LogP contribution in [0.3, 0.4) is 0 Å². The number of esters is 2. The molecule has 0 saturated carbocycles. The van der Waals surface area contributed by atoms with Crippen molar-refractivity contribution in [1.29, 1.82) is 0 Å². The molecule has 232 valence electrons. The van der Waals surface area contributed by atoms with Gasteiger partial charge in [-0.15, -0.1) is 0 Å². The lowest BCUT2D eigenvalue weighted by Gasteiger charge is -2.29. The minimum absolute atomic E-state index is 0.239. The monoisotopic (exact) mass is 595 g/mol. The number of amides is 2. The Balaban J connectivity index is -0.000000246. The fraction of sp³-hybridized carbons (Fsp3) is 0.520. The van der Waals surface area contributed by atoms with Crippen molar-refractivity contribution in [1.82, 2.24) is 5.32 Å². The normalized spacial score (nSPS) is 9.88. The minimum atomic E-state index is -4.15. The molecule has 0 spiro atoms. The highest BCUT2D eigenvalue weighted by Crippen LogP contribution is 2.02. The first-order valence-electron chi connectivity index (χ1n) is 11.6. The molecule has 0 saturated heterocycles. The van der Waals surface area contributed by atoms with Gasteiger partial charge >= 0.3 is 11.9 Å². The number of hydrogen-bond donors (Lipinski definition) is 3. The molecule has 0 aliphatic rings. The average Bonchev–Trinajstić information content (AvgIpc) is 2.84. The van der Waals surface area contributed by atoms with Gasteiger partial charge < -0.3 is 39.4 Å². The lowest BCUT2D eigenvalue weighted by Crippen LogP contribution is -2.43. The lowest BCUT2D eigenvalue weighted by atomic mass is 10.3. The number of aliphatic hydroxyl groups excluding tert-OH is 1. The number of carbonyl (C=O) groups excluding carboxylic acids is 4. The Bertz CT molecular complexity index is 930. The predicted molar refractivity (Wildman–Crippen MR) is 149 cm³/mol. The molecule has 0 heterocycles. The van der Waals surface area contributed by atoms with Gasteiger partial charge in [0.1, 0.15) is 26.5 Å². The van der Waals surface area contributed by atoms with E-state index in [9.17, 15) is 32.1 Å². The summed E-state index contributed by atoms with van der Waals surface area (Å²) in [6.07, 6.45) is 2.45. The maximum atomic E-state index is 11.1. The summed E-state index contributed by atoms with van der Waals surface area (Å²) in [5, 5.41) is 10.1. The third-order valence-corrected chi connectivity index (χ3v) is 4.73. The summed E-state index contributed by atoms with van der Waals surface area (Å²) in [7, 11) is 1.16. The number of ether oxygens (including phenoxy) is 3. The Kier molecular flexibility index (Phi) is 28.3. The first-order valence-corrected chi connectivity index (χ1v) is 13.2. The van der Waals surface area contributed by atoms with Crippen LogP contribution in [0.2, 0.25) is 0 Å². The molecule has 0 aromatic heterocycles. The molecule has 0 rings (SSSR count). The van der Waals surface area contributed by atoms with Crippen LogP contribution in [0.15, 0.2) is 49.6 Å². The van der Waals surface area contributed by atoms with Crippen molar-refractivity contribution in [2.45, 2.75) is 20.3 Å². The molecule has 15 heteroatoms. The van der Waals surface area contributed by atoms with E-state index in [1.807, 2.05) is 14.1 Å². The number of nitrogens with zero attached hydrogens (tertiary/aromatic N) is 1. The van der Waals surface area contributed by atoms with Gasteiger partial charge in [-0.05, 0) is 26.0 Å². The molecule has 2 amide bonds. The van der Waals surface area contributed by atoms with Crippen LogP contribution in [0.1, 0.15) is 20.3 Å². The standard InChI is InChI=1S/C11H21NO5S.C7H12O3.C4H7NO2.C3H5NO/c1-10(2)11(13)17-8-7-12(3,4)6-5-9-18(14,15)16;1-6(2)7(8)10-5-4-9-3;1-2-4(7)5-3-6;1-2-3(4)5/h1,5-9H2,2-4H3;1,4-5H2,2-3H3;2,6H,1,3H2,(H,5,7);2H,1H2,(H2,4,5). The zero-order valence-corrected chi connectivity index (χ0v) is 24.9. The van der Waals surface area contributed by atoms with Gasteiger partial charge in [-0.1, -0.05) is 26.3 Å². The van der Waals surface area contributed by atoms with Crippen molar-refractivity contribution in [2.75, 3.05) is 66.6 Å². The van der Waals surface area contributed by atoms with Gasteiger partial charge in [0.25, 0.3) is 0 Å². The first-order chi connectivity index (χ1) is 18.3. The maximum absolute atomic E-state index is 11.1. The van der Waals surface area contributed by atoms with E-state index < -0.39 is 22.0 Å². The Hall–Kier alpha value is -3.37. The summed E-state index contributed by atoms with van der Waals surface area (Å²) >= 11 is 0. The number of nitrogens with two attached hydrogens (primary N) is 1. The Morgan fingerprint density at radius 3 is 1.70 bits per heavy atom. The number of carbonyl (C=O) groups is 4. The van der Waals surface area contributed by atoms with E-state index in [0.29, 0.717) is 48.4 Å². The highest BCUT2D eigenvalue weighted by atomic mass is 32.2. The van der Waals surface area contributed by atoms with Gasteiger partial charge in [0.05, 0.1) is 37.4 Å². The van der Waals surface area contributed by atoms with Crippen LogP contribution in [-0.4, -0.2) is 113 Å². The molecule has 0 atom stereocenters. The zero-order valence-electron chi connectivity index (χ0n) is 24.1. The molecule has 0 aromatic rings. The maximum Gasteiger partial charge on any atom is 0.333 e. The van der Waals surface area contributed by atoms with Crippen LogP contribution >= 0.6 is 0 Å². The molecular weight excluding hydrogens is 550 g/mol. The summed E-state index contributed by atoms with van der Waals surface area (Å²) in [5.41, 5.74) is 5.29. The molecule has 0 fully saturated rings. The van der Waals surface area contributed by atoms with Gasteiger partial charge in [-0.25, -0.2) is 18.0 Å². The third kappa shape index (κ3) is 39.1. The molecule has 4 N–H and O–H groups in total. The van der Waals surface area contributed by atoms with Gasteiger partial charge in [0.15, 0.2) is 0 Å². The molecule has 0 aliphatic heterocycles. The van der Waals surface area contributed by atoms with E-state index in [4.69, 9.17) is 9.84 Å². The number of aliphatic hydroxyl groups is 1. The summed E-state index contributed by atoms with van der Waals surface area (Å²) < 4.78 is 46.1. The number of likely N-dealkylation sites (N-methyl/N-ethyl adjacent to an activating group) is 1. The van der Waals surface area contributed by atoms with E-state index >= 15 is 0 Å². The topological polar surface area (TPSA) is 211 Å². The molecule has 0 unspecified atom stereocenters. The molecule has 40 heavy (non-hydrogen) atoms. The van der Waals surface area contributed by atoms with E-state index in [1.54, 1.807) is 21.0 Å². The summed E-state index contributed by atoms with van der Waals surface area (Å²) in [5.74, 6) is -2.00. The van der Waals surface area contributed by atoms with Crippen molar-refractivity contribution in [3.63, 3.8) is 0 Å². The average molecular weight is 596 g/mol. The van der Waals surface area contributed by atoms with Crippen molar-refractivity contribution in [3.8, 4) is 0 Å². The lowest BCUT2D eigenvalue weighted by molar-refractivity contribution is -0.890. The number of hydrogen-bond acceptors (Lipinski definition) is 11. The number of nitrogens with one attached hydrogen (secondary N) is 1. The van der Waals surface area contributed by atoms with Crippen LogP contribution < -0.4 is 11.1 Å². The first kappa shape index (κ1) is 43.7. The Morgan fingerprint density at radius 1 is 0.950 bits per heavy atom. The minimum Gasteiger partial charge on any atom is -0.748 e. The summed E-state index contributed by atoms with van der Waals surface area (Å²) in [6, 6.07) is 0. The predicted octanol–water partition coefficient (Wildman–Crippen LogP) is -0.234. The number of primary amides is 1. The van der Waals surface area contributed by atoms with Crippen molar-refractivity contribution >= 4 is 33.9 Å².